The highest BCUT2D eigenvalue weighted by Crippen LogP contribution is 2.25. The van der Waals surface area contributed by atoms with Crippen molar-refractivity contribution in [1.82, 2.24) is 14.7 Å². The number of imide groups is 1. The third kappa shape index (κ3) is 4.90. The molecule has 168 valence electrons. The average molecular weight is 437 g/mol. The van der Waals surface area contributed by atoms with Gasteiger partial charge in [-0.25, -0.2) is 0 Å². The molecule has 0 aromatic heterocycles. The van der Waals surface area contributed by atoms with Gasteiger partial charge in [0, 0.05) is 50.8 Å². The van der Waals surface area contributed by atoms with E-state index >= 15 is 0 Å². The van der Waals surface area contributed by atoms with Gasteiger partial charge in [0.2, 0.25) is 23.6 Å². The van der Waals surface area contributed by atoms with Gasteiger partial charge >= 0.3 is 0 Å². The molecule has 2 saturated heterocycles. The van der Waals surface area contributed by atoms with Crippen LogP contribution in [0.25, 0.3) is 10.8 Å². The van der Waals surface area contributed by atoms with Crippen LogP contribution in [0.2, 0.25) is 0 Å². The van der Waals surface area contributed by atoms with Gasteiger partial charge in [0.25, 0.3) is 0 Å². The predicted molar refractivity (Wildman–Crippen MR) is 118 cm³/mol. The Bertz CT molecular complexity index is 1010. The first-order chi connectivity index (χ1) is 15.5. The smallest absolute Gasteiger partial charge is 0.242 e. The zero-order valence-electron chi connectivity index (χ0n) is 18.0. The number of carbonyl (C=O) groups excluding carboxylic acids is 4. The van der Waals surface area contributed by atoms with Crippen LogP contribution in [0.1, 0.15) is 25.7 Å². The summed E-state index contributed by atoms with van der Waals surface area (Å²) < 4.78 is 5.90. The molecule has 8 nitrogen and oxygen atoms in total. The van der Waals surface area contributed by atoms with E-state index in [0.717, 1.165) is 21.4 Å². The first kappa shape index (κ1) is 21.8. The zero-order valence-corrected chi connectivity index (χ0v) is 18.0. The highest BCUT2D eigenvalue weighted by atomic mass is 16.5. The molecule has 2 aliphatic rings. The lowest BCUT2D eigenvalue weighted by Gasteiger charge is -2.35. The maximum Gasteiger partial charge on any atom is 0.242 e. The first-order valence-electron chi connectivity index (χ1n) is 11.0. The third-order valence-electron chi connectivity index (χ3n) is 5.98. The molecule has 4 rings (SSSR count). The minimum absolute atomic E-state index is 0.0449. The number of amides is 4. The molecule has 0 unspecified atom stereocenters. The first-order valence-corrected chi connectivity index (χ1v) is 11.0. The lowest BCUT2D eigenvalue weighted by molar-refractivity contribution is -0.147. The molecule has 2 heterocycles. The van der Waals surface area contributed by atoms with Crippen LogP contribution in [0.15, 0.2) is 42.5 Å². The van der Waals surface area contributed by atoms with Crippen molar-refractivity contribution in [2.75, 3.05) is 39.3 Å². The summed E-state index contributed by atoms with van der Waals surface area (Å²) in [4.78, 5) is 52.8. The number of piperazine rings is 1. The topological polar surface area (TPSA) is 87.2 Å². The SMILES string of the molecule is O=C(CCCOc1cccc2ccccc12)N1CCN(C(=O)CN2C(=O)CCC2=O)CC1. The molecular formula is C24H27N3O5. The average Bonchev–Trinajstić information content (AvgIpc) is 3.14. The van der Waals surface area contributed by atoms with Crippen molar-refractivity contribution in [3.8, 4) is 5.75 Å². The molecular weight excluding hydrogens is 410 g/mol. The lowest BCUT2D eigenvalue weighted by Crippen LogP contribution is -2.53. The summed E-state index contributed by atoms with van der Waals surface area (Å²) in [5, 5.41) is 2.17. The molecule has 0 N–H and O–H groups in total. The summed E-state index contributed by atoms with van der Waals surface area (Å²) in [5.74, 6) is 0.0381. The summed E-state index contributed by atoms with van der Waals surface area (Å²) in [6, 6.07) is 14.0. The third-order valence-corrected chi connectivity index (χ3v) is 5.98. The second-order valence-corrected chi connectivity index (χ2v) is 8.06. The highest BCUT2D eigenvalue weighted by Gasteiger charge is 2.32. The van der Waals surface area contributed by atoms with Gasteiger partial charge in [0.1, 0.15) is 12.3 Å². The molecule has 0 radical (unpaired) electrons. The molecule has 32 heavy (non-hydrogen) atoms. The molecule has 0 bridgehead atoms. The normalized spacial score (nSPS) is 16.7. The predicted octanol–water partition coefficient (Wildman–Crippen LogP) is 1.82. The summed E-state index contributed by atoms with van der Waals surface area (Å²) in [6.07, 6.45) is 1.35. The van der Waals surface area contributed by atoms with Crippen LogP contribution >= 0.6 is 0 Å². The number of fused-ring (bicyclic) bond motifs is 1. The molecule has 8 heteroatoms. The van der Waals surface area contributed by atoms with Crippen molar-refractivity contribution in [3.63, 3.8) is 0 Å². The molecule has 0 saturated carbocycles. The van der Waals surface area contributed by atoms with Gasteiger partial charge in [-0.05, 0) is 17.9 Å². The van der Waals surface area contributed by atoms with E-state index in [4.69, 9.17) is 4.74 Å². The molecule has 0 aliphatic carbocycles. The number of carbonyl (C=O) groups is 4. The van der Waals surface area contributed by atoms with Crippen LogP contribution in [0.5, 0.6) is 5.75 Å². The van der Waals surface area contributed by atoms with E-state index in [0.29, 0.717) is 45.6 Å². The molecule has 0 atom stereocenters. The van der Waals surface area contributed by atoms with Crippen molar-refractivity contribution < 1.29 is 23.9 Å². The van der Waals surface area contributed by atoms with Crippen molar-refractivity contribution in [2.45, 2.75) is 25.7 Å². The Balaban J connectivity index is 1.18. The molecule has 2 aromatic rings. The number of ether oxygens (including phenoxy) is 1. The van der Waals surface area contributed by atoms with Crippen LogP contribution in [-0.4, -0.2) is 77.7 Å². The number of benzene rings is 2. The van der Waals surface area contributed by atoms with E-state index in [1.807, 2.05) is 42.5 Å². The highest BCUT2D eigenvalue weighted by molar-refractivity contribution is 6.04. The number of hydrogen-bond donors (Lipinski definition) is 0. The standard InChI is InChI=1S/C24H27N3O5/c28-21(9-4-16-32-20-8-3-6-18-5-1-2-7-19(18)20)25-12-14-26(15-13-25)24(31)17-27-22(29)10-11-23(27)30/h1-3,5-8H,4,9-17H2. The zero-order chi connectivity index (χ0) is 22.5. The Hall–Kier alpha value is -3.42. The van der Waals surface area contributed by atoms with Crippen molar-refractivity contribution in [2.24, 2.45) is 0 Å². The Morgan fingerprint density at radius 1 is 0.812 bits per heavy atom. The molecule has 2 aromatic carbocycles. The van der Waals surface area contributed by atoms with Gasteiger partial charge in [-0.2, -0.15) is 0 Å². The van der Waals surface area contributed by atoms with E-state index in [1.165, 1.54) is 0 Å². The van der Waals surface area contributed by atoms with Crippen LogP contribution in [0.4, 0.5) is 0 Å². The fraction of sp³-hybridized carbons (Fsp3) is 0.417. The summed E-state index contributed by atoms with van der Waals surface area (Å²) in [6.45, 7) is 1.99. The molecule has 2 aliphatic heterocycles. The van der Waals surface area contributed by atoms with E-state index in [9.17, 15) is 19.2 Å². The van der Waals surface area contributed by atoms with E-state index in [2.05, 4.69) is 0 Å². The molecule has 0 spiro atoms. The number of hydrogen-bond acceptors (Lipinski definition) is 5. The largest absolute Gasteiger partial charge is 0.493 e. The Morgan fingerprint density at radius 3 is 2.16 bits per heavy atom. The van der Waals surface area contributed by atoms with Gasteiger partial charge in [-0.15, -0.1) is 0 Å². The minimum Gasteiger partial charge on any atom is -0.493 e. The van der Waals surface area contributed by atoms with Gasteiger partial charge in [0.05, 0.1) is 6.61 Å². The van der Waals surface area contributed by atoms with Crippen molar-refractivity contribution in [1.29, 1.82) is 0 Å². The Kier molecular flexibility index (Phi) is 6.68. The molecule has 2 fully saturated rings. The summed E-state index contributed by atoms with van der Waals surface area (Å²) >= 11 is 0. The van der Waals surface area contributed by atoms with Crippen LogP contribution in [-0.2, 0) is 19.2 Å². The Labute approximate surface area is 186 Å². The van der Waals surface area contributed by atoms with Crippen molar-refractivity contribution >= 4 is 34.4 Å². The monoisotopic (exact) mass is 437 g/mol. The van der Waals surface area contributed by atoms with Gasteiger partial charge in [-0.1, -0.05) is 36.4 Å². The van der Waals surface area contributed by atoms with Gasteiger partial charge in [0.15, 0.2) is 0 Å². The minimum atomic E-state index is -0.289. The van der Waals surface area contributed by atoms with Crippen LogP contribution in [0, 0.1) is 0 Å². The number of likely N-dealkylation sites (tertiary alicyclic amines) is 1. The second kappa shape index (κ2) is 9.80. The van der Waals surface area contributed by atoms with Gasteiger partial charge in [-0.3, -0.25) is 24.1 Å². The van der Waals surface area contributed by atoms with Gasteiger partial charge < -0.3 is 14.5 Å². The maximum atomic E-state index is 12.5. The quantitative estimate of drug-likeness (QED) is 0.487. The second-order valence-electron chi connectivity index (χ2n) is 8.06. The molecule has 4 amide bonds. The summed E-state index contributed by atoms with van der Waals surface area (Å²) in [5.41, 5.74) is 0. The van der Waals surface area contributed by atoms with E-state index in [-0.39, 0.29) is 43.0 Å². The van der Waals surface area contributed by atoms with Crippen LogP contribution in [0.3, 0.4) is 0 Å². The van der Waals surface area contributed by atoms with E-state index in [1.54, 1.807) is 9.80 Å². The number of nitrogens with zero attached hydrogens (tertiary/aromatic N) is 3. The fourth-order valence-corrected chi connectivity index (χ4v) is 4.12. The Morgan fingerprint density at radius 2 is 1.44 bits per heavy atom. The lowest BCUT2D eigenvalue weighted by atomic mass is 10.1. The maximum absolute atomic E-state index is 12.5. The van der Waals surface area contributed by atoms with Crippen molar-refractivity contribution in [3.05, 3.63) is 42.5 Å². The number of rotatable bonds is 7. The fourth-order valence-electron chi connectivity index (χ4n) is 4.12. The van der Waals surface area contributed by atoms with Crippen LogP contribution < -0.4 is 4.74 Å². The van der Waals surface area contributed by atoms with E-state index < -0.39 is 0 Å². The summed E-state index contributed by atoms with van der Waals surface area (Å²) in [7, 11) is 0.